The fourth-order valence-corrected chi connectivity index (χ4v) is 1.45. The van der Waals surface area contributed by atoms with Crippen LogP contribution in [0.1, 0.15) is 17.9 Å². The molecule has 0 aliphatic rings. The molecule has 0 radical (unpaired) electrons. The molecule has 1 atom stereocenters. The number of benzene rings is 1. The molecule has 0 saturated heterocycles. The number of rotatable bonds is 5. The lowest BCUT2D eigenvalue weighted by Gasteiger charge is -2.13. The maximum absolute atomic E-state index is 12.9. The molecule has 0 bridgehead atoms. The fourth-order valence-electron chi connectivity index (χ4n) is 1.45. The van der Waals surface area contributed by atoms with E-state index in [0.29, 0.717) is 0 Å². The van der Waals surface area contributed by atoms with Crippen molar-refractivity contribution in [1.29, 1.82) is 0 Å². The van der Waals surface area contributed by atoms with E-state index in [1.807, 2.05) is 0 Å². The molecule has 100 valence electrons. The van der Waals surface area contributed by atoms with Crippen LogP contribution in [0.15, 0.2) is 24.3 Å². The minimum atomic E-state index is -4.80. The van der Waals surface area contributed by atoms with Crippen LogP contribution >= 0.6 is 0 Å². The molecule has 1 rings (SSSR count). The van der Waals surface area contributed by atoms with Gasteiger partial charge in [-0.2, -0.15) is 0 Å². The first-order valence-electron chi connectivity index (χ1n) is 4.98. The number of ether oxygens (including phenoxy) is 1. The highest BCUT2D eigenvalue weighted by Gasteiger charge is 2.30. The van der Waals surface area contributed by atoms with Gasteiger partial charge in [-0.05, 0) is 24.1 Å². The number of carboxylic acid groups (broad SMARTS) is 1. The first kappa shape index (κ1) is 14.4. The molecule has 0 aliphatic heterocycles. The molecule has 0 heterocycles. The lowest BCUT2D eigenvalue weighted by Crippen LogP contribution is -2.19. The summed E-state index contributed by atoms with van der Waals surface area (Å²) in [4.78, 5) is 10.9. The maximum Gasteiger partial charge on any atom is 0.522 e. The van der Waals surface area contributed by atoms with Crippen molar-refractivity contribution in [3.63, 3.8) is 0 Å². The van der Waals surface area contributed by atoms with Gasteiger partial charge in [-0.3, -0.25) is 9.53 Å². The van der Waals surface area contributed by atoms with Crippen LogP contribution in [0.5, 0.6) is 0 Å². The minimum absolute atomic E-state index is 0.105. The molecule has 1 aromatic carbocycles. The Morgan fingerprint density at radius 3 is 2.56 bits per heavy atom. The summed E-state index contributed by atoms with van der Waals surface area (Å²) in [5.41, 5.74) is 0.105. The van der Waals surface area contributed by atoms with Crippen molar-refractivity contribution in [3.05, 3.63) is 35.6 Å². The maximum atomic E-state index is 12.9. The van der Waals surface area contributed by atoms with Gasteiger partial charge in [0, 0.05) is 0 Å². The molecule has 3 nitrogen and oxygen atoms in total. The van der Waals surface area contributed by atoms with Gasteiger partial charge in [0.25, 0.3) is 0 Å². The average Bonchev–Trinajstić information content (AvgIpc) is 2.22. The van der Waals surface area contributed by atoms with E-state index in [4.69, 9.17) is 5.11 Å². The molecule has 0 fully saturated rings. The fraction of sp³-hybridized carbons (Fsp3) is 0.364. The third-order valence-corrected chi connectivity index (χ3v) is 2.22. The van der Waals surface area contributed by atoms with Crippen molar-refractivity contribution in [2.45, 2.75) is 18.7 Å². The van der Waals surface area contributed by atoms with Crippen LogP contribution < -0.4 is 0 Å². The van der Waals surface area contributed by atoms with E-state index < -0.39 is 37.1 Å². The first-order chi connectivity index (χ1) is 8.29. The second-order valence-electron chi connectivity index (χ2n) is 3.53. The van der Waals surface area contributed by atoms with Crippen molar-refractivity contribution < 1.29 is 32.2 Å². The summed E-state index contributed by atoms with van der Waals surface area (Å²) in [6.07, 6.45) is -5.19. The molecule has 1 unspecified atom stereocenters. The monoisotopic (exact) mass is 266 g/mol. The largest absolute Gasteiger partial charge is 0.522 e. The molecule has 1 aromatic rings. The van der Waals surface area contributed by atoms with Gasteiger partial charge in [0.05, 0.1) is 12.5 Å². The summed E-state index contributed by atoms with van der Waals surface area (Å²) < 4.78 is 51.6. The van der Waals surface area contributed by atoms with Crippen molar-refractivity contribution in [1.82, 2.24) is 0 Å². The minimum Gasteiger partial charge on any atom is -0.481 e. The molecule has 0 spiro atoms. The van der Waals surface area contributed by atoms with Crippen LogP contribution in [0.4, 0.5) is 17.6 Å². The summed E-state index contributed by atoms with van der Waals surface area (Å²) in [7, 11) is 0. The molecule has 0 aliphatic carbocycles. The molecule has 0 saturated carbocycles. The van der Waals surface area contributed by atoms with E-state index in [-0.39, 0.29) is 5.56 Å². The van der Waals surface area contributed by atoms with Crippen molar-refractivity contribution in [2.75, 3.05) is 6.61 Å². The third kappa shape index (κ3) is 4.70. The summed E-state index contributed by atoms with van der Waals surface area (Å²) in [5, 5.41) is 8.89. The van der Waals surface area contributed by atoms with E-state index in [0.717, 1.165) is 12.1 Å². The highest BCUT2D eigenvalue weighted by atomic mass is 19.4. The second-order valence-corrected chi connectivity index (χ2v) is 3.53. The summed E-state index contributed by atoms with van der Waals surface area (Å²) in [5.74, 6) is -3.20. The third-order valence-electron chi connectivity index (χ3n) is 2.22. The predicted octanol–water partition coefficient (Wildman–Crippen LogP) is 2.92. The van der Waals surface area contributed by atoms with Crippen molar-refractivity contribution >= 4 is 5.97 Å². The Morgan fingerprint density at radius 1 is 1.39 bits per heavy atom. The van der Waals surface area contributed by atoms with Gasteiger partial charge in [-0.1, -0.05) is 12.1 Å². The Balaban J connectivity index is 2.69. The van der Waals surface area contributed by atoms with Gasteiger partial charge in [-0.25, -0.2) is 4.39 Å². The predicted molar refractivity (Wildman–Crippen MR) is 53.4 cm³/mol. The van der Waals surface area contributed by atoms with Crippen LogP contribution in [0, 0.1) is 5.82 Å². The quantitative estimate of drug-likeness (QED) is 0.833. The smallest absolute Gasteiger partial charge is 0.481 e. The normalized spacial score (nSPS) is 13.3. The number of alkyl halides is 3. The van der Waals surface area contributed by atoms with Gasteiger partial charge in [0.1, 0.15) is 5.82 Å². The van der Waals surface area contributed by atoms with Crippen LogP contribution in [0.25, 0.3) is 0 Å². The van der Waals surface area contributed by atoms with Crippen LogP contribution in [-0.2, 0) is 9.53 Å². The molecular formula is C11H10F4O3. The summed E-state index contributed by atoms with van der Waals surface area (Å²) in [6, 6.07) is 4.74. The van der Waals surface area contributed by atoms with Crippen molar-refractivity contribution in [2.24, 2.45) is 0 Å². The Labute approximate surface area is 100.0 Å². The number of carbonyl (C=O) groups is 1. The lowest BCUT2D eigenvalue weighted by molar-refractivity contribution is -0.325. The Kier molecular flexibility index (Phi) is 4.66. The van der Waals surface area contributed by atoms with Gasteiger partial charge >= 0.3 is 12.3 Å². The molecule has 1 N–H and O–H groups in total. The zero-order chi connectivity index (χ0) is 13.8. The van der Waals surface area contributed by atoms with Crippen LogP contribution in [-0.4, -0.2) is 24.0 Å². The lowest BCUT2D eigenvalue weighted by atomic mass is 9.96. The highest BCUT2D eigenvalue weighted by Crippen LogP contribution is 2.23. The number of aliphatic carboxylic acids is 1. The Hall–Kier alpha value is -1.63. The molecule has 0 amide bonds. The Morgan fingerprint density at radius 2 is 2.06 bits per heavy atom. The topological polar surface area (TPSA) is 46.5 Å². The second kappa shape index (κ2) is 5.81. The van der Waals surface area contributed by atoms with Gasteiger partial charge in [0.15, 0.2) is 0 Å². The van der Waals surface area contributed by atoms with Crippen LogP contribution in [0.2, 0.25) is 0 Å². The number of carboxylic acids is 1. The van der Waals surface area contributed by atoms with E-state index in [1.165, 1.54) is 12.1 Å². The zero-order valence-corrected chi connectivity index (χ0v) is 9.08. The SMILES string of the molecule is O=C(O)C(CCOC(F)(F)F)c1cccc(F)c1. The molecular weight excluding hydrogens is 256 g/mol. The first-order valence-corrected chi connectivity index (χ1v) is 4.98. The Bertz CT molecular complexity index is 417. The number of hydrogen-bond donors (Lipinski definition) is 1. The van der Waals surface area contributed by atoms with E-state index in [1.54, 1.807) is 0 Å². The molecule has 18 heavy (non-hydrogen) atoms. The summed E-state index contributed by atoms with van der Waals surface area (Å²) >= 11 is 0. The van der Waals surface area contributed by atoms with Gasteiger partial charge in [-0.15, -0.1) is 13.2 Å². The average molecular weight is 266 g/mol. The van der Waals surface area contributed by atoms with E-state index >= 15 is 0 Å². The number of hydrogen-bond acceptors (Lipinski definition) is 2. The standard InChI is InChI=1S/C11H10F4O3/c12-8-3-1-2-7(6-8)9(10(16)17)4-5-18-11(13,14)15/h1-3,6,9H,4-5H2,(H,16,17). The zero-order valence-electron chi connectivity index (χ0n) is 9.08. The van der Waals surface area contributed by atoms with Gasteiger partial charge in [0.2, 0.25) is 0 Å². The van der Waals surface area contributed by atoms with E-state index in [2.05, 4.69) is 4.74 Å². The summed E-state index contributed by atoms with van der Waals surface area (Å²) in [6.45, 7) is -0.795. The van der Waals surface area contributed by atoms with Crippen molar-refractivity contribution in [3.8, 4) is 0 Å². The molecule has 7 heteroatoms. The molecule has 0 aromatic heterocycles. The highest BCUT2D eigenvalue weighted by molar-refractivity contribution is 5.76. The van der Waals surface area contributed by atoms with Gasteiger partial charge < -0.3 is 5.11 Å². The van der Waals surface area contributed by atoms with Crippen LogP contribution in [0.3, 0.4) is 0 Å². The van der Waals surface area contributed by atoms with E-state index in [9.17, 15) is 22.4 Å². The number of halogens is 4.